The molecule has 0 saturated carbocycles. The number of amides is 1. The van der Waals surface area contributed by atoms with E-state index in [0.29, 0.717) is 16.3 Å². The van der Waals surface area contributed by atoms with Gasteiger partial charge in [0.25, 0.3) is 5.91 Å². The predicted molar refractivity (Wildman–Crippen MR) is 94.8 cm³/mol. The lowest BCUT2D eigenvalue weighted by Gasteiger charge is -2.08. The lowest BCUT2D eigenvalue weighted by atomic mass is 10.2. The first-order chi connectivity index (χ1) is 11.6. The smallest absolute Gasteiger partial charge is 0.255 e. The van der Waals surface area contributed by atoms with Crippen LogP contribution in [0, 0.1) is 18.8 Å². The van der Waals surface area contributed by atoms with E-state index in [1.54, 1.807) is 18.2 Å². The van der Waals surface area contributed by atoms with E-state index in [0.717, 1.165) is 11.3 Å². The summed E-state index contributed by atoms with van der Waals surface area (Å²) < 4.78 is 10.7. The summed E-state index contributed by atoms with van der Waals surface area (Å²) in [6.07, 6.45) is 0. The summed E-state index contributed by atoms with van der Waals surface area (Å²) in [5.41, 5.74) is 1.43. The monoisotopic (exact) mass is 343 g/mol. The number of nitrogens with one attached hydrogen (secondary N) is 1. The summed E-state index contributed by atoms with van der Waals surface area (Å²) in [6, 6.07) is 12.6. The lowest BCUT2D eigenvalue weighted by molar-refractivity contribution is 0.0955. The van der Waals surface area contributed by atoms with E-state index in [1.807, 2.05) is 31.2 Å². The second-order valence-electron chi connectivity index (χ2n) is 4.94. The zero-order chi connectivity index (χ0) is 17.4. The SMILES string of the molecule is COc1ccc(Cl)cc1C(=O)NCC#CCOc1ccccc1C. The van der Waals surface area contributed by atoms with E-state index in [4.69, 9.17) is 21.1 Å². The molecule has 0 bridgehead atoms. The van der Waals surface area contributed by atoms with Gasteiger partial charge in [-0.05, 0) is 36.8 Å². The molecule has 0 unspecified atom stereocenters. The largest absolute Gasteiger partial charge is 0.496 e. The average Bonchev–Trinajstić information content (AvgIpc) is 2.59. The van der Waals surface area contributed by atoms with Crippen molar-refractivity contribution in [3.63, 3.8) is 0 Å². The van der Waals surface area contributed by atoms with Crippen molar-refractivity contribution in [3.05, 3.63) is 58.6 Å². The maximum Gasteiger partial charge on any atom is 0.255 e. The number of para-hydroxylation sites is 1. The summed E-state index contributed by atoms with van der Waals surface area (Å²) in [4.78, 5) is 12.1. The molecule has 2 aromatic carbocycles. The van der Waals surface area contributed by atoms with Crippen molar-refractivity contribution in [2.75, 3.05) is 20.3 Å². The topological polar surface area (TPSA) is 47.6 Å². The molecule has 0 radical (unpaired) electrons. The maximum absolute atomic E-state index is 12.1. The van der Waals surface area contributed by atoms with Crippen LogP contribution < -0.4 is 14.8 Å². The van der Waals surface area contributed by atoms with Gasteiger partial charge in [0, 0.05) is 5.02 Å². The van der Waals surface area contributed by atoms with Crippen molar-refractivity contribution in [3.8, 4) is 23.3 Å². The second kappa shape index (κ2) is 8.85. The summed E-state index contributed by atoms with van der Waals surface area (Å²) in [5.74, 6) is 6.69. The summed E-state index contributed by atoms with van der Waals surface area (Å²) in [6.45, 7) is 2.45. The first kappa shape index (κ1) is 17.7. The number of hydrogen-bond donors (Lipinski definition) is 1. The number of aryl methyl sites for hydroxylation is 1. The highest BCUT2D eigenvalue weighted by atomic mass is 35.5. The highest BCUT2D eigenvalue weighted by Crippen LogP contribution is 2.22. The van der Waals surface area contributed by atoms with Crippen LogP contribution in [0.2, 0.25) is 5.02 Å². The Morgan fingerprint density at radius 2 is 1.96 bits per heavy atom. The van der Waals surface area contributed by atoms with Gasteiger partial charge in [-0.25, -0.2) is 0 Å². The van der Waals surface area contributed by atoms with E-state index in [9.17, 15) is 4.79 Å². The number of carbonyl (C=O) groups excluding carboxylic acids is 1. The quantitative estimate of drug-likeness (QED) is 0.846. The van der Waals surface area contributed by atoms with Crippen molar-refractivity contribution in [1.29, 1.82) is 0 Å². The molecule has 0 aromatic heterocycles. The van der Waals surface area contributed by atoms with Gasteiger partial charge in [-0.2, -0.15) is 0 Å². The summed E-state index contributed by atoms with van der Waals surface area (Å²) >= 11 is 5.91. The first-order valence-electron chi connectivity index (χ1n) is 7.37. The van der Waals surface area contributed by atoms with Crippen molar-refractivity contribution in [2.24, 2.45) is 0 Å². The zero-order valence-electron chi connectivity index (χ0n) is 13.6. The second-order valence-corrected chi connectivity index (χ2v) is 5.37. The van der Waals surface area contributed by atoms with Gasteiger partial charge in [0.05, 0.1) is 19.2 Å². The van der Waals surface area contributed by atoms with Gasteiger partial charge >= 0.3 is 0 Å². The average molecular weight is 344 g/mol. The van der Waals surface area contributed by atoms with E-state index in [1.165, 1.54) is 7.11 Å². The van der Waals surface area contributed by atoms with Crippen LogP contribution in [-0.4, -0.2) is 26.2 Å². The molecule has 1 N–H and O–H groups in total. The van der Waals surface area contributed by atoms with Gasteiger partial charge in [0.15, 0.2) is 0 Å². The maximum atomic E-state index is 12.1. The standard InChI is InChI=1S/C19H18ClNO3/c1-14-7-3-4-8-17(14)24-12-6-5-11-21-19(22)16-13-15(20)9-10-18(16)23-2/h3-4,7-10,13H,11-12H2,1-2H3,(H,21,22). The van der Waals surface area contributed by atoms with Crippen LogP contribution in [0.3, 0.4) is 0 Å². The Hall–Kier alpha value is -2.64. The molecule has 4 nitrogen and oxygen atoms in total. The van der Waals surface area contributed by atoms with Gasteiger partial charge < -0.3 is 14.8 Å². The van der Waals surface area contributed by atoms with Gasteiger partial charge in [-0.15, -0.1) is 0 Å². The molecular formula is C19H18ClNO3. The van der Waals surface area contributed by atoms with E-state index in [-0.39, 0.29) is 19.1 Å². The number of benzene rings is 2. The molecule has 0 fully saturated rings. The molecule has 2 rings (SSSR count). The Kier molecular flexibility index (Phi) is 6.53. The molecule has 124 valence electrons. The number of hydrogen-bond acceptors (Lipinski definition) is 3. The Morgan fingerprint density at radius 3 is 2.71 bits per heavy atom. The molecule has 0 aliphatic carbocycles. The van der Waals surface area contributed by atoms with Gasteiger partial charge in [0.2, 0.25) is 0 Å². The van der Waals surface area contributed by atoms with E-state index >= 15 is 0 Å². The van der Waals surface area contributed by atoms with Crippen LogP contribution >= 0.6 is 11.6 Å². The van der Waals surface area contributed by atoms with Crippen LogP contribution in [0.25, 0.3) is 0 Å². The molecule has 0 atom stereocenters. The molecule has 5 heteroatoms. The normalized spacial score (nSPS) is 9.62. The lowest BCUT2D eigenvalue weighted by Crippen LogP contribution is -2.24. The van der Waals surface area contributed by atoms with Crippen LogP contribution in [-0.2, 0) is 0 Å². The van der Waals surface area contributed by atoms with Crippen LogP contribution in [0.1, 0.15) is 15.9 Å². The third-order valence-corrected chi connectivity index (χ3v) is 3.50. The van der Waals surface area contributed by atoms with Crippen molar-refractivity contribution in [2.45, 2.75) is 6.92 Å². The molecule has 1 amide bonds. The Labute approximate surface area is 146 Å². The molecule has 0 heterocycles. The first-order valence-corrected chi connectivity index (χ1v) is 7.75. The number of carbonyl (C=O) groups is 1. The van der Waals surface area contributed by atoms with Gasteiger partial charge in [0.1, 0.15) is 18.1 Å². The van der Waals surface area contributed by atoms with Crippen LogP contribution in [0.15, 0.2) is 42.5 Å². The number of ether oxygens (including phenoxy) is 2. The minimum Gasteiger partial charge on any atom is -0.496 e. The van der Waals surface area contributed by atoms with Crippen molar-refractivity contribution < 1.29 is 14.3 Å². The fraction of sp³-hybridized carbons (Fsp3) is 0.211. The molecule has 2 aromatic rings. The third kappa shape index (κ3) is 4.94. The van der Waals surface area contributed by atoms with Gasteiger partial charge in [-0.3, -0.25) is 4.79 Å². The number of halogens is 1. The van der Waals surface area contributed by atoms with E-state index < -0.39 is 0 Å². The fourth-order valence-electron chi connectivity index (χ4n) is 2.02. The zero-order valence-corrected chi connectivity index (χ0v) is 14.3. The van der Waals surface area contributed by atoms with E-state index in [2.05, 4.69) is 17.2 Å². The van der Waals surface area contributed by atoms with Gasteiger partial charge in [-0.1, -0.05) is 41.6 Å². The molecule has 0 spiro atoms. The summed E-state index contributed by atoms with van der Waals surface area (Å²) in [7, 11) is 1.50. The highest BCUT2D eigenvalue weighted by molar-refractivity contribution is 6.31. The Morgan fingerprint density at radius 1 is 1.17 bits per heavy atom. The summed E-state index contributed by atoms with van der Waals surface area (Å²) in [5, 5.41) is 3.18. The Bertz CT molecular complexity index is 778. The van der Waals surface area contributed by atoms with Crippen molar-refractivity contribution >= 4 is 17.5 Å². The minimum atomic E-state index is -0.288. The fourth-order valence-corrected chi connectivity index (χ4v) is 2.20. The van der Waals surface area contributed by atoms with Crippen LogP contribution in [0.5, 0.6) is 11.5 Å². The van der Waals surface area contributed by atoms with Crippen molar-refractivity contribution in [1.82, 2.24) is 5.32 Å². The molecule has 0 aliphatic rings. The molecule has 0 saturated heterocycles. The third-order valence-electron chi connectivity index (χ3n) is 3.26. The molecular weight excluding hydrogens is 326 g/mol. The predicted octanol–water partition coefficient (Wildman–Crippen LogP) is 3.47. The van der Waals surface area contributed by atoms with Crippen LogP contribution in [0.4, 0.5) is 0 Å². The number of rotatable bonds is 5. The minimum absolute atomic E-state index is 0.214. The molecule has 24 heavy (non-hydrogen) atoms. The Balaban J connectivity index is 1.83. The number of methoxy groups -OCH3 is 1. The molecule has 0 aliphatic heterocycles. The highest BCUT2D eigenvalue weighted by Gasteiger charge is 2.11.